The highest BCUT2D eigenvalue weighted by atomic mass is 127. The minimum absolute atomic E-state index is 0. The lowest BCUT2D eigenvalue weighted by atomic mass is 9.86. The van der Waals surface area contributed by atoms with Gasteiger partial charge in [0.1, 0.15) is 0 Å². The van der Waals surface area contributed by atoms with E-state index in [0.29, 0.717) is 25.0 Å². The van der Waals surface area contributed by atoms with Crippen LogP contribution in [0.1, 0.15) is 52.4 Å². The Hall–Kier alpha value is -0.0900. The summed E-state index contributed by atoms with van der Waals surface area (Å²) in [5.74, 6) is 2.03. The average molecular weight is 474 g/mol. The Labute approximate surface area is 165 Å². The third-order valence-corrected chi connectivity index (χ3v) is 5.55. The van der Waals surface area contributed by atoms with Gasteiger partial charge in [-0.2, -0.15) is 0 Å². The largest absolute Gasteiger partial charge is 0.356 e. The van der Waals surface area contributed by atoms with Gasteiger partial charge in [0.2, 0.25) is 10.0 Å². The lowest BCUT2D eigenvalue weighted by Gasteiger charge is -2.25. The molecule has 0 amide bonds. The minimum Gasteiger partial charge on any atom is -0.356 e. The highest BCUT2D eigenvalue weighted by Crippen LogP contribution is 2.25. The molecule has 3 N–H and O–H groups in total. The molecule has 0 saturated heterocycles. The lowest BCUT2D eigenvalue weighted by Crippen LogP contribution is -2.42. The van der Waals surface area contributed by atoms with Gasteiger partial charge in [-0.15, -0.1) is 24.0 Å². The lowest BCUT2D eigenvalue weighted by molar-refractivity contribution is 0.316. The minimum atomic E-state index is -3.19. The van der Waals surface area contributed by atoms with Crippen molar-refractivity contribution in [3.63, 3.8) is 0 Å². The summed E-state index contributed by atoms with van der Waals surface area (Å²) < 4.78 is 26.5. The van der Waals surface area contributed by atoms with Crippen molar-refractivity contribution in [3.05, 3.63) is 0 Å². The van der Waals surface area contributed by atoms with Crippen molar-refractivity contribution < 1.29 is 8.42 Å². The molecule has 1 saturated carbocycles. The molecule has 8 heteroatoms. The Morgan fingerprint density at radius 3 is 2.38 bits per heavy atom. The zero-order valence-electron chi connectivity index (χ0n) is 15.3. The molecule has 0 aliphatic heterocycles. The highest BCUT2D eigenvalue weighted by molar-refractivity contribution is 14.0. The van der Waals surface area contributed by atoms with Crippen LogP contribution in [0.4, 0.5) is 0 Å². The first-order chi connectivity index (χ1) is 10.9. The molecule has 0 unspecified atom stereocenters. The molecule has 0 aromatic carbocycles. The smallest absolute Gasteiger partial charge is 0.213 e. The van der Waals surface area contributed by atoms with Crippen molar-refractivity contribution >= 4 is 40.0 Å². The summed E-state index contributed by atoms with van der Waals surface area (Å²) in [6.45, 7) is 6.27. The maximum absolute atomic E-state index is 11.9. The van der Waals surface area contributed by atoms with E-state index in [0.717, 1.165) is 31.7 Å². The van der Waals surface area contributed by atoms with E-state index in [-0.39, 0.29) is 29.7 Å². The standard InChI is InChI=1S/C16H34N4O2S.HI/c1-14(2)7-4-5-10-18-16(17-3)19-11-12-23(21,22)20-13-15-8-6-9-15;/h14-15,20H,4-13H2,1-3H3,(H2,17,18,19);1H. The van der Waals surface area contributed by atoms with Crippen molar-refractivity contribution in [1.82, 2.24) is 15.4 Å². The summed E-state index contributed by atoms with van der Waals surface area (Å²) in [5.41, 5.74) is 0. The first-order valence-corrected chi connectivity index (χ1v) is 10.5. The van der Waals surface area contributed by atoms with Gasteiger partial charge in [-0.3, -0.25) is 4.99 Å². The average Bonchev–Trinajstić information content (AvgIpc) is 2.42. The molecule has 0 aromatic heterocycles. The number of rotatable bonds is 11. The Balaban J connectivity index is 0.00000529. The van der Waals surface area contributed by atoms with Crippen LogP contribution < -0.4 is 15.4 Å². The normalized spacial score (nSPS) is 15.8. The summed E-state index contributed by atoms with van der Waals surface area (Å²) in [6.07, 6.45) is 7.05. The molecule has 1 rings (SSSR count). The van der Waals surface area contributed by atoms with Gasteiger partial charge >= 0.3 is 0 Å². The summed E-state index contributed by atoms with van der Waals surface area (Å²) in [4.78, 5) is 4.12. The number of halogens is 1. The summed E-state index contributed by atoms with van der Waals surface area (Å²) >= 11 is 0. The van der Waals surface area contributed by atoms with E-state index in [2.05, 4.69) is 34.2 Å². The number of guanidine groups is 1. The van der Waals surface area contributed by atoms with E-state index in [9.17, 15) is 8.42 Å². The number of hydrogen-bond donors (Lipinski definition) is 3. The summed E-state index contributed by atoms with van der Waals surface area (Å²) in [6, 6.07) is 0. The predicted octanol–water partition coefficient (Wildman–Crippen LogP) is 2.32. The molecule has 0 aromatic rings. The third-order valence-electron chi connectivity index (χ3n) is 4.20. The first-order valence-electron chi connectivity index (χ1n) is 8.85. The fraction of sp³-hybridized carbons (Fsp3) is 0.938. The van der Waals surface area contributed by atoms with Gasteiger partial charge in [0, 0.05) is 26.7 Å². The van der Waals surface area contributed by atoms with Gasteiger partial charge in [0.05, 0.1) is 5.75 Å². The van der Waals surface area contributed by atoms with Crippen LogP contribution >= 0.6 is 24.0 Å². The quantitative estimate of drug-likeness (QED) is 0.186. The van der Waals surface area contributed by atoms with Crippen LogP contribution in [0.2, 0.25) is 0 Å². The van der Waals surface area contributed by atoms with Crippen LogP contribution in [-0.2, 0) is 10.0 Å². The monoisotopic (exact) mass is 474 g/mol. The van der Waals surface area contributed by atoms with Crippen molar-refractivity contribution in [2.75, 3.05) is 32.4 Å². The van der Waals surface area contributed by atoms with E-state index >= 15 is 0 Å². The maximum Gasteiger partial charge on any atom is 0.213 e. The van der Waals surface area contributed by atoms with Crippen LogP contribution in [-0.4, -0.2) is 46.8 Å². The first kappa shape index (κ1) is 23.9. The van der Waals surface area contributed by atoms with Gasteiger partial charge in [-0.05, 0) is 31.1 Å². The molecule has 1 aliphatic carbocycles. The van der Waals surface area contributed by atoms with E-state index < -0.39 is 10.0 Å². The van der Waals surface area contributed by atoms with Gasteiger partial charge in [0.15, 0.2) is 5.96 Å². The topological polar surface area (TPSA) is 82.6 Å². The Morgan fingerprint density at radius 1 is 1.17 bits per heavy atom. The molecular weight excluding hydrogens is 439 g/mol. The van der Waals surface area contributed by atoms with Gasteiger partial charge in [-0.25, -0.2) is 13.1 Å². The predicted molar refractivity (Wildman–Crippen MR) is 113 cm³/mol. The second-order valence-electron chi connectivity index (χ2n) is 6.78. The number of nitrogens with one attached hydrogen (secondary N) is 3. The van der Waals surface area contributed by atoms with Crippen molar-refractivity contribution in [3.8, 4) is 0 Å². The van der Waals surface area contributed by atoms with Crippen LogP contribution in [0.5, 0.6) is 0 Å². The highest BCUT2D eigenvalue weighted by Gasteiger charge is 2.19. The number of nitrogens with zero attached hydrogens (tertiary/aromatic N) is 1. The van der Waals surface area contributed by atoms with E-state index in [1.807, 2.05) is 0 Å². The number of sulfonamides is 1. The second-order valence-corrected chi connectivity index (χ2v) is 8.71. The van der Waals surface area contributed by atoms with Gasteiger partial charge < -0.3 is 10.6 Å². The summed E-state index contributed by atoms with van der Waals surface area (Å²) in [7, 11) is -1.49. The molecule has 6 nitrogen and oxygen atoms in total. The van der Waals surface area contributed by atoms with E-state index in [4.69, 9.17) is 0 Å². The molecule has 0 radical (unpaired) electrons. The Bertz CT molecular complexity index is 451. The third kappa shape index (κ3) is 11.5. The molecule has 24 heavy (non-hydrogen) atoms. The van der Waals surface area contributed by atoms with Crippen LogP contribution in [0.3, 0.4) is 0 Å². The Kier molecular flexibility index (Phi) is 13.1. The van der Waals surface area contributed by atoms with E-state index in [1.54, 1.807) is 7.05 Å². The van der Waals surface area contributed by atoms with Crippen LogP contribution in [0.15, 0.2) is 4.99 Å². The number of aliphatic imine (C=N–C) groups is 1. The van der Waals surface area contributed by atoms with Crippen molar-refractivity contribution in [2.45, 2.75) is 52.4 Å². The molecule has 1 aliphatic rings. The van der Waals surface area contributed by atoms with Gasteiger partial charge in [0.25, 0.3) is 0 Å². The zero-order chi connectivity index (χ0) is 17.1. The molecule has 0 spiro atoms. The molecule has 1 fully saturated rings. The summed E-state index contributed by atoms with van der Waals surface area (Å²) in [5, 5.41) is 6.28. The van der Waals surface area contributed by atoms with Crippen molar-refractivity contribution in [2.24, 2.45) is 16.8 Å². The number of unbranched alkanes of at least 4 members (excludes halogenated alkanes) is 1. The second kappa shape index (κ2) is 13.2. The van der Waals surface area contributed by atoms with Crippen LogP contribution in [0.25, 0.3) is 0 Å². The van der Waals surface area contributed by atoms with Gasteiger partial charge in [-0.1, -0.05) is 33.1 Å². The molecular formula is C16H35IN4O2S. The maximum atomic E-state index is 11.9. The molecule has 144 valence electrons. The zero-order valence-corrected chi connectivity index (χ0v) is 18.5. The Morgan fingerprint density at radius 2 is 1.83 bits per heavy atom. The SMILES string of the molecule is CN=C(NCCCCC(C)C)NCCS(=O)(=O)NCC1CCC1.I. The fourth-order valence-corrected chi connectivity index (χ4v) is 3.43. The van der Waals surface area contributed by atoms with Crippen LogP contribution in [0, 0.1) is 11.8 Å². The molecule has 0 bridgehead atoms. The molecule has 0 atom stereocenters. The van der Waals surface area contributed by atoms with Crippen molar-refractivity contribution in [1.29, 1.82) is 0 Å². The fourth-order valence-electron chi connectivity index (χ4n) is 2.42. The molecule has 0 heterocycles. The number of hydrogen-bond acceptors (Lipinski definition) is 3. The van der Waals surface area contributed by atoms with E-state index in [1.165, 1.54) is 19.3 Å².